The summed E-state index contributed by atoms with van der Waals surface area (Å²) in [7, 11) is 0. The standard InChI is InChI=1S/C11H9Cl2N3O2S/c12-6-1-2-7(8(13)3-6)10(17)4-14-11(18)9-5-19-16-15-9/h1-3,5,10,17H,4H2,(H,14,18). The van der Waals surface area contributed by atoms with Gasteiger partial charge in [-0.1, -0.05) is 33.8 Å². The van der Waals surface area contributed by atoms with Gasteiger partial charge in [-0.2, -0.15) is 0 Å². The van der Waals surface area contributed by atoms with Crippen LogP contribution in [0.25, 0.3) is 0 Å². The number of benzene rings is 1. The fourth-order valence-electron chi connectivity index (χ4n) is 1.43. The average molecular weight is 318 g/mol. The zero-order valence-corrected chi connectivity index (χ0v) is 11.8. The second-order valence-corrected chi connectivity index (χ2v) is 5.14. The quantitative estimate of drug-likeness (QED) is 0.907. The Hall–Kier alpha value is -1.21. The summed E-state index contributed by atoms with van der Waals surface area (Å²) in [6, 6.07) is 4.78. The first-order chi connectivity index (χ1) is 9.08. The number of hydrogen-bond acceptors (Lipinski definition) is 5. The van der Waals surface area contributed by atoms with E-state index < -0.39 is 12.0 Å². The molecule has 5 nitrogen and oxygen atoms in total. The van der Waals surface area contributed by atoms with Crippen LogP contribution in [0.3, 0.4) is 0 Å². The molecule has 0 radical (unpaired) electrons. The highest BCUT2D eigenvalue weighted by molar-refractivity contribution is 7.03. The number of carbonyl (C=O) groups is 1. The molecular weight excluding hydrogens is 309 g/mol. The van der Waals surface area contributed by atoms with Crippen LogP contribution in [0.1, 0.15) is 22.2 Å². The third-order valence-corrected chi connectivity index (χ3v) is 3.44. The molecule has 1 atom stereocenters. The number of nitrogens with one attached hydrogen (secondary N) is 1. The lowest BCUT2D eigenvalue weighted by atomic mass is 10.1. The van der Waals surface area contributed by atoms with E-state index in [9.17, 15) is 9.90 Å². The molecule has 0 bridgehead atoms. The summed E-state index contributed by atoms with van der Waals surface area (Å²) in [4.78, 5) is 11.6. The van der Waals surface area contributed by atoms with E-state index in [-0.39, 0.29) is 12.2 Å². The largest absolute Gasteiger partial charge is 0.387 e. The van der Waals surface area contributed by atoms with Crippen molar-refractivity contribution in [2.75, 3.05) is 6.54 Å². The summed E-state index contributed by atoms with van der Waals surface area (Å²) < 4.78 is 3.58. The van der Waals surface area contributed by atoms with Gasteiger partial charge in [-0.25, -0.2) is 0 Å². The monoisotopic (exact) mass is 317 g/mol. The second-order valence-electron chi connectivity index (χ2n) is 3.68. The first-order valence-corrected chi connectivity index (χ1v) is 6.85. The van der Waals surface area contributed by atoms with E-state index in [1.165, 1.54) is 11.4 Å². The molecule has 19 heavy (non-hydrogen) atoms. The smallest absolute Gasteiger partial charge is 0.272 e. The van der Waals surface area contributed by atoms with Crippen molar-refractivity contribution in [3.63, 3.8) is 0 Å². The molecule has 0 saturated heterocycles. The van der Waals surface area contributed by atoms with Crippen molar-refractivity contribution >= 4 is 40.6 Å². The number of amides is 1. The summed E-state index contributed by atoms with van der Waals surface area (Å²) in [6.07, 6.45) is -0.916. The van der Waals surface area contributed by atoms with Gasteiger partial charge in [0.25, 0.3) is 5.91 Å². The highest BCUT2D eigenvalue weighted by Crippen LogP contribution is 2.25. The maximum absolute atomic E-state index is 11.6. The zero-order chi connectivity index (χ0) is 13.8. The molecule has 100 valence electrons. The minimum Gasteiger partial charge on any atom is -0.387 e. The van der Waals surface area contributed by atoms with Crippen molar-refractivity contribution in [2.24, 2.45) is 0 Å². The van der Waals surface area contributed by atoms with Gasteiger partial charge >= 0.3 is 0 Å². The number of nitrogens with zero attached hydrogens (tertiary/aromatic N) is 2. The lowest BCUT2D eigenvalue weighted by Crippen LogP contribution is -2.28. The first kappa shape index (κ1) is 14.2. The van der Waals surface area contributed by atoms with Gasteiger partial charge in [0, 0.05) is 27.5 Å². The van der Waals surface area contributed by atoms with E-state index in [1.807, 2.05) is 0 Å². The van der Waals surface area contributed by atoms with E-state index in [1.54, 1.807) is 12.1 Å². The molecule has 0 aliphatic carbocycles. The van der Waals surface area contributed by atoms with Crippen molar-refractivity contribution in [3.05, 3.63) is 44.9 Å². The fourth-order valence-corrected chi connectivity index (χ4v) is 2.40. The van der Waals surface area contributed by atoms with Crippen LogP contribution in [0.15, 0.2) is 23.6 Å². The van der Waals surface area contributed by atoms with E-state index in [2.05, 4.69) is 14.9 Å². The topological polar surface area (TPSA) is 75.1 Å². The van der Waals surface area contributed by atoms with Gasteiger partial charge in [-0.15, -0.1) is 5.10 Å². The van der Waals surface area contributed by atoms with Crippen molar-refractivity contribution in [2.45, 2.75) is 6.10 Å². The van der Waals surface area contributed by atoms with Crippen molar-refractivity contribution in [1.29, 1.82) is 0 Å². The van der Waals surface area contributed by atoms with Gasteiger partial charge in [-0.05, 0) is 23.7 Å². The fraction of sp³-hybridized carbons (Fsp3) is 0.182. The Balaban J connectivity index is 1.98. The lowest BCUT2D eigenvalue weighted by Gasteiger charge is -2.13. The molecule has 1 aromatic carbocycles. The molecule has 1 unspecified atom stereocenters. The van der Waals surface area contributed by atoms with Gasteiger partial charge in [0.05, 0.1) is 6.10 Å². The second kappa shape index (κ2) is 6.29. The Bertz CT molecular complexity index is 577. The van der Waals surface area contributed by atoms with E-state index >= 15 is 0 Å². The first-order valence-electron chi connectivity index (χ1n) is 5.26. The zero-order valence-electron chi connectivity index (χ0n) is 9.51. The molecule has 8 heteroatoms. The molecule has 2 rings (SSSR count). The van der Waals surface area contributed by atoms with Crippen LogP contribution >= 0.6 is 34.7 Å². The normalized spacial score (nSPS) is 12.2. The summed E-state index contributed by atoms with van der Waals surface area (Å²) in [5.41, 5.74) is 0.724. The Morgan fingerprint density at radius 2 is 2.26 bits per heavy atom. The third kappa shape index (κ3) is 3.63. The van der Waals surface area contributed by atoms with Crippen LogP contribution in [0.4, 0.5) is 0 Å². The Morgan fingerprint density at radius 1 is 1.47 bits per heavy atom. The summed E-state index contributed by atoms with van der Waals surface area (Å²) in [5.74, 6) is -0.391. The minimum atomic E-state index is -0.916. The van der Waals surface area contributed by atoms with Crippen LogP contribution in [0.2, 0.25) is 10.0 Å². The number of carbonyl (C=O) groups excluding carboxylic acids is 1. The Labute approximate surface area is 123 Å². The van der Waals surface area contributed by atoms with Crippen LogP contribution < -0.4 is 5.32 Å². The summed E-state index contributed by atoms with van der Waals surface area (Å²) in [5, 5.41) is 18.5. The molecule has 0 aliphatic rings. The van der Waals surface area contributed by atoms with Gasteiger partial charge in [0.15, 0.2) is 5.69 Å². The summed E-state index contributed by atoms with van der Waals surface area (Å²) >= 11 is 12.8. The highest BCUT2D eigenvalue weighted by atomic mass is 35.5. The van der Waals surface area contributed by atoms with Crippen LogP contribution in [0.5, 0.6) is 0 Å². The SMILES string of the molecule is O=C(NCC(O)c1ccc(Cl)cc1Cl)c1csnn1. The number of halogens is 2. The molecule has 0 saturated carbocycles. The predicted molar refractivity (Wildman–Crippen MR) is 73.7 cm³/mol. The lowest BCUT2D eigenvalue weighted by molar-refractivity contribution is 0.0911. The molecule has 0 aliphatic heterocycles. The minimum absolute atomic E-state index is 0.0255. The molecule has 2 aromatic rings. The maximum Gasteiger partial charge on any atom is 0.272 e. The molecule has 1 heterocycles. The Kier molecular flexibility index (Phi) is 4.71. The van der Waals surface area contributed by atoms with Gasteiger partial charge in [0.1, 0.15) is 0 Å². The molecule has 0 spiro atoms. The molecule has 1 amide bonds. The molecule has 0 fully saturated rings. The van der Waals surface area contributed by atoms with Gasteiger partial charge in [-0.3, -0.25) is 4.79 Å². The van der Waals surface area contributed by atoms with E-state index in [0.717, 1.165) is 11.5 Å². The van der Waals surface area contributed by atoms with Crippen molar-refractivity contribution in [3.8, 4) is 0 Å². The third-order valence-electron chi connectivity index (χ3n) is 2.37. The highest BCUT2D eigenvalue weighted by Gasteiger charge is 2.15. The molecular formula is C11H9Cl2N3O2S. The number of aliphatic hydroxyl groups is 1. The van der Waals surface area contributed by atoms with Crippen molar-refractivity contribution in [1.82, 2.24) is 14.9 Å². The van der Waals surface area contributed by atoms with Gasteiger partial charge < -0.3 is 10.4 Å². The number of hydrogen-bond donors (Lipinski definition) is 2. The van der Waals surface area contributed by atoms with Gasteiger partial charge in [0.2, 0.25) is 0 Å². The van der Waals surface area contributed by atoms with Crippen LogP contribution in [-0.4, -0.2) is 27.1 Å². The van der Waals surface area contributed by atoms with Crippen LogP contribution in [0, 0.1) is 0 Å². The average Bonchev–Trinajstić information content (AvgIpc) is 2.89. The van der Waals surface area contributed by atoms with Crippen molar-refractivity contribution < 1.29 is 9.90 Å². The van der Waals surface area contributed by atoms with E-state index in [0.29, 0.717) is 15.6 Å². The number of aromatic nitrogens is 2. The Morgan fingerprint density at radius 3 is 2.89 bits per heavy atom. The molecule has 2 N–H and O–H groups in total. The maximum atomic E-state index is 11.6. The summed E-state index contributed by atoms with van der Waals surface area (Å²) in [6.45, 7) is 0.0255. The number of aliphatic hydroxyl groups excluding tert-OH is 1. The molecule has 1 aromatic heterocycles. The number of rotatable bonds is 4. The van der Waals surface area contributed by atoms with Crippen LogP contribution in [-0.2, 0) is 0 Å². The van der Waals surface area contributed by atoms with E-state index in [4.69, 9.17) is 23.2 Å². The predicted octanol–water partition coefficient (Wildman–Crippen LogP) is 2.31.